The van der Waals surface area contributed by atoms with Gasteiger partial charge in [-0.1, -0.05) is 251 Å². The molecule has 0 saturated heterocycles. The van der Waals surface area contributed by atoms with Crippen LogP contribution in [0.2, 0.25) is 0 Å². The highest BCUT2D eigenvalue weighted by molar-refractivity contribution is 6.98. The van der Waals surface area contributed by atoms with Crippen LogP contribution >= 0.6 is 0 Å². The first-order chi connectivity index (χ1) is 36.6. The van der Waals surface area contributed by atoms with E-state index in [1.807, 2.05) is 0 Å². The molecule has 74 heavy (non-hydrogen) atoms. The van der Waals surface area contributed by atoms with E-state index in [-0.39, 0.29) is 13.4 Å². The molecule has 0 fully saturated rings. The third kappa shape index (κ3) is 6.58. The quantitative estimate of drug-likeness (QED) is 0.0885. The zero-order chi connectivity index (χ0) is 48.4. The monoisotopic (exact) mass is 930 g/mol. The number of fused-ring (bicyclic) bond motifs is 8. The third-order valence-electron chi connectivity index (χ3n) is 16.6. The Bertz CT molecular complexity index is 4440. The number of benzene rings is 16. The van der Waals surface area contributed by atoms with E-state index in [2.05, 4.69) is 267 Å². The number of hydrogen-bond donors (Lipinski definition) is 0. The van der Waals surface area contributed by atoms with Crippen LogP contribution in [0.1, 0.15) is 0 Å². The minimum Gasteiger partial charge on any atom is -0.0680 e. The number of hydrogen-bond acceptors (Lipinski definition) is 0. The molecule has 16 aromatic carbocycles. The van der Waals surface area contributed by atoms with Gasteiger partial charge in [0, 0.05) is 0 Å². The summed E-state index contributed by atoms with van der Waals surface area (Å²) in [6, 6.07) is 102. The molecule has 0 bridgehead atoms. The molecule has 0 aromatic heterocycles. The van der Waals surface area contributed by atoms with Crippen LogP contribution in [-0.2, 0) is 0 Å². The minimum absolute atomic E-state index is 0.0270. The van der Waals surface area contributed by atoms with E-state index in [1.54, 1.807) is 0 Å². The van der Waals surface area contributed by atoms with Crippen molar-refractivity contribution in [1.82, 2.24) is 0 Å². The van der Waals surface area contributed by atoms with Crippen molar-refractivity contribution in [2.75, 3.05) is 0 Å². The van der Waals surface area contributed by atoms with Crippen molar-refractivity contribution in [3.8, 4) is 0 Å². The lowest BCUT2D eigenvalue weighted by atomic mass is 9.35. The van der Waals surface area contributed by atoms with Crippen LogP contribution in [0.5, 0.6) is 0 Å². The fraction of sp³-hybridized carbons (Fsp3) is 0. The summed E-state index contributed by atoms with van der Waals surface area (Å²) in [5.41, 5.74) is 7.79. The van der Waals surface area contributed by atoms with Crippen molar-refractivity contribution >= 4 is 165 Å². The highest BCUT2D eigenvalue weighted by atomic mass is 14.2. The van der Waals surface area contributed by atoms with Crippen molar-refractivity contribution in [3.63, 3.8) is 0 Å². The zero-order valence-electron chi connectivity index (χ0n) is 40.6. The van der Waals surface area contributed by atoms with Gasteiger partial charge in [-0.05, 0) is 167 Å². The van der Waals surface area contributed by atoms with Gasteiger partial charge in [0.25, 0.3) is 0 Å². The summed E-state index contributed by atoms with van der Waals surface area (Å²) in [7, 11) is 0. The van der Waals surface area contributed by atoms with Crippen LogP contribution in [0.15, 0.2) is 267 Å². The Morgan fingerprint density at radius 1 is 0.162 bits per heavy atom. The normalized spacial score (nSPS) is 12.1. The van der Waals surface area contributed by atoms with Gasteiger partial charge in [0.1, 0.15) is 0 Å². The Hall–Kier alpha value is -9.23. The number of rotatable bonds is 6. The first-order valence-electron chi connectivity index (χ1n) is 26.0. The third-order valence-corrected chi connectivity index (χ3v) is 16.6. The SMILES string of the molecule is c1ccc2cc3cc(B(c4ccc5cc6ccccc6cc5c4)c4ccc5ccc6ccc(B(c7ccc8cc9ccccc9cc8c7)c7ccc8cc9ccccc9cc8c7)c7ccc4c5c67)ccc3cc2c1. The van der Waals surface area contributed by atoms with Gasteiger partial charge in [0.05, 0.1) is 0 Å². The van der Waals surface area contributed by atoms with Gasteiger partial charge >= 0.3 is 0 Å². The molecule has 0 saturated carbocycles. The Balaban J connectivity index is 0.931. The maximum atomic E-state index is 2.45. The lowest BCUT2D eigenvalue weighted by Gasteiger charge is -2.23. The summed E-state index contributed by atoms with van der Waals surface area (Å²) < 4.78 is 0. The summed E-state index contributed by atoms with van der Waals surface area (Å²) in [4.78, 5) is 0. The van der Waals surface area contributed by atoms with E-state index in [0.717, 1.165) is 0 Å². The Morgan fingerprint density at radius 2 is 0.378 bits per heavy atom. The highest BCUT2D eigenvalue weighted by Gasteiger charge is 2.29. The van der Waals surface area contributed by atoms with E-state index in [1.165, 1.54) is 151 Å². The first-order valence-corrected chi connectivity index (χ1v) is 26.0. The Morgan fingerprint density at radius 3 is 0.649 bits per heavy atom. The molecule has 0 aliphatic rings. The summed E-state index contributed by atoms with van der Waals surface area (Å²) in [6.45, 7) is -0.0539. The van der Waals surface area contributed by atoms with Crippen molar-refractivity contribution in [3.05, 3.63) is 267 Å². The van der Waals surface area contributed by atoms with Crippen molar-refractivity contribution in [2.45, 2.75) is 0 Å². The van der Waals surface area contributed by atoms with Gasteiger partial charge in [-0.2, -0.15) is 0 Å². The molecule has 0 unspecified atom stereocenters. The topological polar surface area (TPSA) is 0 Å². The van der Waals surface area contributed by atoms with E-state index in [4.69, 9.17) is 0 Å². The molecule has 0 N–H and O–H groups in total. The maximum Gasteiger partial charge on any atom is 0.242 e. The smallest absolute Gasteiger partial charge is 0.0680 e. The fourth-order valence-electron chi connectivity index (χ4n) is 13.0. The minimum atomic E-state index is -0.0270. The van der Waals surface area contributed by atoms with E-state index < -0.39 is 0 Å². The van der Waals surface area contributed by atoms with Gasteiger partial charge in [-0.25, -0.2) is 0 Å². The van der Waals surface area contributed by atoms with Crippen molar-refractivity contribution in [2.24, 2.45) is 0 Å². The molecule has 0 heterocycles. The summed E-state index contributed by atoms with van der Waals surface area (Å²) in [5.74, 6) is 0. The zero-order valence-corrected chi connectivity index (χ0v) is 40.6. The van der Waals surface area contributed by atoms with E-state index >= 15 is 0 Å². The molecule has 0 spiro atoms. The van der Waals surface area contributed by atoms with Crippen molar-refractivity contribution in [1.29, 1.82) is 0 Å². The molecule has 0 nitrogen and oxygen atoms in total. The summed E-state index contributed by atoms with van der Waals surface area (Å²) in [6.07, 6.45) is 0. The molecule has 2 heteroatoms. The summed E-state index contributed by atoms with van der Waals surface area (Å²) >= 11 is 0. The lowest BCUT2D eigenvalue weighted by molar-refractivity contribution is 1.76. The maximum absolute atomic E-state index is 2.45. The molecule has 0 radical (unpaired) electrons. The molecule has 16 rings (SSSR count). The standard InChI is InChI=1S/C72H44B2/c1-5-13-51-37-59-41-63(25-19-55(59)33-47(51)9-1)73(64-26-20-56-34-48-10-2-6-14-52(48)38-60(56)42-64)69-31-23-45-17-18-46-24-32-70(68-30-29-67(69)71(45)72(46)68)74(65-27-21-57-35-49-11-3-7-15-53(49)39-61(57)43-65)66-28-22-58-36-50-12-4-8-16-54(50)40-62(58)44-66/h1-44H. The Labute approximate surface area is 429 Å². The van der Waals surface area contributed by atoms with Gasteiger partial charge in [-0.3, -0.25) is 0 Å². The average molecular weight is 931 g/mol. The van der Waals surface area contributed by atoms with Crippen LogP contribution in [0.4, 0.5) is 0 Å². The fourth-order valence-corrected chi connectivity index (χ4v) is 13.0. The molecule has 0 amide bonds. The largest absolute Gasteiger partial charge is 0.242 e. The Kier molecular flexibility index (Phi) is 9.03. The highest BCUT2D eigenvalue weighted by Crippen LogP contribution is 2.35. The molecular formula is C72H44B2. The molecule has 0 atom stereocenters. The van der Waals surface area contributed by atoms with Crippen molar-refractivity contribution < 1.29 is 0 Å². The van der Waals surface area contributed by atoms with E-state index in [9.17, 15) is 0 Å². The molecule has 0 aliphatic carbocycles. The second-order valence-electron chi connectivity index (χ2n) is 20.8. The molecule has 16 aromatic rings. The lowest BCUT2D eigenvalue weighted by Crippen LogP contribution is -2.52. The van der Waals surface area contributed by atoms with Crippen LogP contribution < -0.4 is 32.8 Å². The molecular weight excluding hydrogens is 886 g/mol. The van der Waals surface area contributed by atoms with Crippen LogP contribution in [0, 0.1) is 0 Å². The second-order valence-corrected chi connectivity index (χ2v) is 20.8. The second kappa shape index (κ2) is 16.1. The molecule has 0 aliphatic heterocycles. The first kappa shape index (κ1) is 41.4. The van der Waals surface area contributed by atoms with Crippen LogP contribution in [-0.4, -0.2) is 13.4 Å². The summed E-state index contributed by atoms with van der Waals surface area (Å²) in [5, 5.41) is 28.0. The predicted molar refractivity (Wildman–Crippen MR) is 325 cm³/mol. The molecule has 338 valence electrons. The van der Waals surface area contributed by atoms with Crippen LogP contribution in [0.25, 0.3) is 118 Å². The average Bonchev–Trinajstić information content (AvgIpc) is 3.45. The predicted octanol–water partition coefficient (Wildman–Crippen LogP) is 14.8. The van der Waals surface area contributed by atoms with Gasteiger partial charge in [-0.15, -0.1) is 0 Å². The van der Waals surface area contributed by atoms with Gasteiger partial charge in [0.15, 0.2) is 0 Å². The van der Waals surface area contributed by atoms with Gasteiger partial charge < -0.3 is 0 Å². The van der Waals surface area contributed by atoms with Gasteiger partial charge in [0.2, 0.25) is 13.4 Å². The van der Waals surface area contributed by atoms with E-state index in [0.29, 0.717) is 0 Å². The van der Waals surface area contributed by atoms with Crippen LogP contribution in [0.3, 0.4) is 0 Å².